The van der Waals surface area contributed by atoms with Crippen LogP contribution in [-0.2, 0) is 11.3 Å². The highest BCUT2D eigenvalue weighted by molar-refractivity contribution is 7.03. The minimum atomic E-state index is -1.00. The van der Waals surface area contributed by atoms with Crippen molar-refractivity contribution in [2.75, 3.05) is 0 Å². The van der Waals surface area contributed by atoms with Crippen molar-refractivity contribution in [1.29, 1.82) is 0 Å². The molecule has 0 aliphatic carbocycles. The molecule has 3 aromatic rings. The fourth-order valence-corrected chi connectivity index (χ4v) is 3.48. The molecule has 2 aromatic heterocycles. The van der Waals surface area contributed by atoms with Crippen molar-refractivity contribution in [3.8, 4) is 0 Å². The molecular formula is C21H23ClN4O3S. The Bertz CT molecular complexity index is 990. The van der Waals surface area contributed by atoms with Gasteiger partial charge in [-0.1, -0.05) is 41.2 Å². The van der Waals surface area contributed by atoms with E-state index in [1.165, 1.54) is 11.2 Å². The van der Waals surface area contributed by atoms with E-state index in [-0.39, 0.29) is 18.1 Å². The lowest BCUT2D eigenvalue weighted by atomic mass is 10.0. The van der Waals surface area contributed by atoms with Gasteiger partial charge in [-0.25, -0.2) is 0 Å². The zero-order valence-corrected chi connectivity index (χ0v) is 18.5. The van der Waals surface area contributed by atoms with E-state index < -0.39 is 17.5 Å². The third kappa shape index (κ3) is 5.06. The fourth-order valence-electron chi connectivity index (χ4n) is 2.86. The quantitative estimate of drug-likeness (QED) is 0.551. The summed E-state index contributed by atoms with van der Waals surface area (Å²) in [6.07, 6.45) is 2.20. The van der Waals surface area contributed by atoms with Crippen molar-refractivity contribution >= 4 is 34.9 Å². The van der Waals surface area contributed by atoms with Crippen LogP contribution in [0.1, 0.15) is 55.0 Å². The van der Waals surface area contributed by atoms with Crippen LogP contribution in [0.3, 0.4) is 0 Å². The highest BCUT2D eigenvalue weighted by Gasteiger charge is 2.37. The first kappa shape index (κ1) is 22.0. The third-order valence-electron chi connectivity index (χ3n) is 4.86. The smallest absolute Gasteiger partial charge is 0.276 e. The molecule has 3 rings (SSSR count). The van der Waals surface area contributed by atoms with E-state index in [0.29, 0.717) is 16.3 Å². The molecule has 0 saturated carbocycles. The van der Waals surface area contributed by atoms with Crippen LogP contribution in [0.2, 0.25) is 5.02 Å². The van der Waals surface area contributed by atoms with Crippen LogP contribution < -0.4 is 5.32 Å². The van der Waals surface area contributed by atoms with E-state index >= 15 is 0 Å². The van der Waals surface area contributed by atoms with Gasteiger partial charge in [-0.2, -0.15) is 0 Å². The maximum absolute atomic E-state index is 13.4. The molecule has 2 heterocycles. The van der Waals surface area contributed by atoms with Gasteiger partial charge < -0.3 is 14.6 Å². The molecule has 1 unspecified atom stereocenters. The van der Waals surface area contributed by atoms with E-state index in [0.717, 1.165) is 18.0 Å². The van der Waals surface area contributed by atoms with Crippen molar-refractivity contribution in [2.45, 2.75) is 45.3 Å². The van der Waals surface area contributed by atoms with Gasteiger partial charge in [0.2, 0.25) is 0 Å². The van der Waals surface area contributed by atoms with Gasteiger partial charge in [0.15, 0.2) is 11.7 Å². The second kappa shape index (κ2) is 9.40. The zero-order valence-electron chi connectivity index (χ0n) is 17.0. The SMILES string of the molecule is CCC(C)(C)NC(=O)C(c1ccco1)N(Cc1ccccc1Cl)C(=O)c1csnn1. The van der Waals surface area contributed by atoms with Crippen LogP contribution in [0.15, 0.2) is 52.5 Å². The maximum Gasteiger partial charge on any atom is 0.276 e. The number of aromatic nitrogens is 2. The first-order valence-corrected chi connectivity index (χ1v) is 10.7. The molecule has 0 saturated heterocycles. The van der Waals surface area contributed by atoms with E-state index in [4.69, 9.17) is 16.0 Å². The molecule has 158 valence electrons. The highest BCUT2D eigenvalue weighted by atomic mass is 35.5. The third-order valence-corrected chi connectivity index (χ3v) is 5.73. The second-order valence-corrected chi connectivity index (χ2v) is 8.48. The zero-order chi connectivity index (χ0) is 21.7. The van der Waals surface area contributed by atoms with Crippen LogP contribution in [0, 0.1) is 0 Å². The molecule has 9 heteroatoms. The van der Waals surface area contributed by atoms with Crippen molar-refractivity contribution < 1.29 is 14.0 Å². The summed E-state index contributed by atoms with van der Waals surface area (Å²) in [4.78, 5) is 28.2. The summed E-state index contributed by atoms with van der Waals surface area (Å²) in [6.45, 7) is 5.93. The number of carbonyl (C=O) groups excluding carboxylic acids is 2. The number of rotatable bonds is 8. The van der Waals surface area contributed by atoms with Gasteiger partial charge >= 0.3 is 0 Å². The van der Waals surface area contributed by atoms with Crippen molar-refractivity contribution in [3.63, 3.8) is 0 Å². The lowest BCUT2D eigenvalue weighted by Crippen LogP contribution is -2.50. The average molecular weight is 447 g/mol. The Morgan fingerprint density at radius 2 is 2.03 bits per heavy atom. The molecule has 30 heavy (non-hydrogen) atoms. The molecule has 1 atom stereocenters. The van der Waals surface area contributed by atoms with Crippen LogP contribution in [0.4, 0.5) is 0 Å². The van der Waals surface area contributed by atoms with Crippen molar-refractivity contribution in [1.82, 2.24) is 19.8 Å². The summed E-state index contributed by atoms with van der Waals surface area (Å²) >= 11 is 7.42. The van der Waals surface area contributed by atoms with Crippen molar-refractivity contribution in [2.24, 2.45) is 0 Å². The Balaban J connectivity index is 2.05. The predicted octanol–water partition coefficient (Wildman–Crippen LogP) is 4.47. The highest BCUT2D eigenvalue weighted by Crippen LogP contribution is 2.29. The molecule has 0 radical (unpaired) electrons. The number of amides is 2. The van der Waals surface area contributed by atoms with E-state index in [9.17, 15) is 9.59 Å². The molecule has 1 N–H and O–H groups in total. The van der Waals surface area contributed by atoms with Gasteiger partial charge in [-0.05, 0) is 55.6 Å². The van der Waals surface area contributed by atoms with Crippen LogP contribution in [0.25, 0.3) is 0 Å². The summed E-state index contributed by atoms with van der Waals surface area (Å²) in [5.41, 5.74) is 0.407. The van der Waals surface area contributed by atoms with Gasteiger partial charge in [0.25, 0.3) is 11.8 Å². The van der Waals surface area contributed by atoms with Gasteiger partial charge in [-0.15, -0.1) is 5.10 Å². The number of hydrogen-bond donors (Lipinski definition) is 1. The maximum atomic E-state index is 13.4. The number of hydrogen-bond acceptors (Lipinski definition) is 6. The number of furan rings is 1. The lowest BCUT2D eigenvalue weighted by molar-refractivity contribution is -0.128. The number of halogens is 1. The summed E-state index contributed by atoms with van der Waals surface area (Å²) in [6, 6.07) is 9.55. The lowest BCUT2D eigenvalue weighted by Gasteiger charge is -2.33. The monoisotopic (exact) mass is 446 g/mol. The molecule has 0 fully saturated rings. The molecule has 2 amide bonds. The van der Waals surface area contributed by atoms with Gasteiger partial charge in [0.1, 0.15) is 5.76 Å². The molecule has 0 aliphatic rings. The van der Waals surface area contributed by atoms with Crippen LogP contribution in [-0.4, -0.2) is 31.8 Å². The molecular weight excluding hydrogens is 424 g/mol. The Morgan fingerprint density at radius 3 is 2.63 bits per heavy atom. The van der Waals surface area contributed by atoms with Gasteiger partial charge in [-0.3, -0.25) is 9.59 Å². The summed E-state index contributed by atoms with van der Waals surface area (Å²) in [5, 5.41) is 8.96. The van der Waals surface area contributed by atoms with E-state index in [1.54, 1.807) is 23.6 Å². The number of nitrogens with one attached hydrogen (secondary N) is 1. The van der Waals surface area contributed by atoms with Gasteiger partial charge in [0, 0.05) is 22.5 Å². The average Bonchev–Trinajstić information content (AvgIpc) is 3.42. The fraction of sp³-hybridized carbons (Fsp3) is 0.333. The summed E-state index contributed by atoms with van der Waals surface area (Å²) in [5.74, 6) is -0.432. The van der Waals surface area contributed by atoms with E-state index in [1.807, 2.05) is 39.0 Å². The molecule has 0 aliphatic heterocycles. The van der Waals surface area contributed by atoms with Crippen molar-refractivity contribution in [3.05, 3.63) is 70.1 Å². The Hall–Kier alpha value is -2.71. The Morgan fingerprint density at radius 1 is 1.27 bits per heavy atom. The molecule has 7 nitrogen and oxygen atoms in total. The minimum absolute atomic E-state index is 0.0986. The predicted molar refractivity (Wildman–Crippen MR) is 115 cm³/mol. The Labute approximate surface area is 184 Å². The van der Waals surface area contributed by atoms with E-state index in [2.05, 4.69) is 14.9 Å². The number of carbonyl (C=O) groups is 2. The minimum Gasteiger partial charge on any atom is -0.467 e. The standard InChI is InChI=1S/C21H23ClN4O3S/c1-4-21(2,3)23-19(27)18(17-10-7-11-29-17)26(20(28)16-13-30-25-24-16)12-14-8-5-6-9-15(14)22/h5-11,13,18H,4,12H2,1-3H3,(H,23,27). The van der Waals surface area contributed by atoms with Crippen LogP contribution in [0.5, 0.6) is 0 Å². The molecule has 1 aromatic carbocycles. The number of benzene rings is 1. The first-order chi connectivity index (χ1) is 14.3. The van der Waals surface area contributed by atoms with Crippen LogP contribution >= 0.6 is 23.1 Å². The normalized spacial score (nSPS) is 12.4. The molecule has 0 spiro atoms. The second-order valence-electron chi connectivity index (χ2n) is 7.46. The Kier molecular flexibility index (Phi) is 6.89. The first-order valence-electron chi connectivity index (χ1n) is 9.49. The topological polar surface area (TPSA) is 88.3 Å². The van der Waals surface area contributed by atoms with Gasteiger partial charge in [0.05, 0.1) is 6.26 Å². The number of nitrogens with zero attached hydrogens (tertiary/aromatic N) is 3. The summed E-state index contributed by atoms with van der Waals surface area (Å²) in [7, 11) is 0. The largest absolute Gasteiger partial charge is 0.467 e. The molecule has 0 bridgehead atoms. The summed E-state index contributed by atoms with van der Waals surface area (Å²) < 4.78 is 9.34.